The van der Waals surface area contributed by atoms with Crippen molar-refractivity contribution in [1.82, 2.24) is 0 Å². The molecule has 1 heterocycles. The molecule has 2 aromatic rings. The van der Waals surface area contributed by atoms with Crippen LogP contribution in [0.25, 0.3) is 6.08 Å². The summed E-state index contributed by atoms with van der Waals surface area (Å²) >= 11 is 1.98. The van der Waals surface area contributed by atoms with Crippen LogP contribution in [0.15, 0.2) is 65.2 Å². The van der Waals surface area contributed by atoms with Crippen LogP contribution < -0.4 is 0 Å². The van der Waals surface area contributed by atoms with Crippen molar-refractivity contribution in [2.24, 2.45) is 10.4 Å². The minimum atomic E-state index is -0.107. The summed E-state index contributed by atoms with van der Waals surface area (Å²) in [5.41, 5.74) is 5.36. The van der Waals surface area contributed by atoms with Gasteiger partial charge in [0.05, 0.1) is 12.0 Å². The number of ether oxygens (including phenoxy) is 1. The van der Waals surface area contributed by atoms with Gasteiger partial charge < -0.3 is 4.74 Å². The van der Waals surface area contributed by atoms with Gasteiger partial charge in [0.1, 0.15) is 6.61 Å². The maximum atomic E-state index is 5.98. The molecule has 2 nitrogen and oxygen atoms in total. The largest absolute Gasteiger partial charge is 0.478 e. The van der Waals surface area contributed by atoms with Gasteiger partial charge >= 0.3 is 0 Å². The van der Waals surface area contributed by atoms with Gasteiger partial charge in [0.2, 0.25) is 0 Å². The zero-order chi connectivity index (χ0) is 17.1. The van der Waals surface area contributed by atoms with Gasteiger partial charge in [0.15, 0.2) is 5.90 Å². The minimum Gasteiger partial charge on any atom is -0.478 e. The average molecular weight is 349 g/mol. The highest BCUT2D eigenvalue weighted by Crippen LogP contribution is 2.43. The number of nitrogens with zero attached hydrogens (tertiary/aromatic N) is 1. The van der Waals surface area contributed by atoms with E-state index in [4.69, 9.17) is 9.73 Å². The second kappa shape index (κ2) is 7.09. The molecule has 0 amide bonds. The molecule has 0 N–H and O–H groups in total. The normalized spacial score (nSPS) is 22.0. The molecule has 0 radical (unpaired) electrons. The Morgan fingerprint density at radius 1 is 1.08 bits per heavy atom. The summed E-state index contributed by atoms with van der Waals surface area (Å²) in [6, 6.07) is 19.4. The minimum absolute atomic E-state index is 0.107. The second-order valence-corrected chi connectivity index (χ2v) is 7.78. The van der Waals surface area contributed by atoms with Crippen LogP contribution in [0.1, 0.15) is 23.6 Å². The topological polar surface area (TPSA) is 21.6 Å². The van der Waals surface area contributed by atoms with Crippen LogP contribution in [0.5, 0.6) is 0 Å². The van der Waals surface area contributed by atoms with Crippen molar-refractivity contribution in [3.8, 4) is 0 Å². The third-order valence-electron chi connectivity index (χ3n) is 5.13. The van der Waals surface area contributed by atoms with E-state index in [0.29, 0.717) is 0 Å². The third kappa shape index (κ3) is 3.25. The van der Waals surface area contributed by atoms with E-state index in [2.05, 4.69) is 67.6 Å². The number of fused-ring (bicyclic) bond motifs is 1. The molecule has 0 spiro atoms. The van der Waals surface area contributed by atoms with Gasteiger partial charge in [-0.25, -0.2) is 0 Å². The van der Waals surface area contributed by atoms with Gasteiger partial charge in [0.25, 0.3) is 0 Å². The summed E-state index contributed by atoms with van der Waals surface area (Å²) in [6.45, 7) is 3.74. The number of hydrogen-bond donors (Lipinski definition) is 0. The van der Waals surface area contributed by atoms with Crippen molar-refractivity contribution in [3.05, 3.63) is 76.9 Å². The fourth-order valence-electron chi connectivity index (χ4n) is 3.68. The van der Waals surface area contributed by atoms with Crippen LogP contribution in [-0.4, -0.2) is 24.8 Å². The van der Waals surface area contributed by atoms with Crippen LogP contribution in [0.2, 0.25) is 0 Å². The number of thioether (sulfide) groups is 1. The Hall–Kier alpha value is -2.00. The van der Waals surface area contributed by atoms with E-state index in [1.54, 1.807) is 0 Å². The first-order valence-electron chi connectivity index (χ1n) is 8.84. The number of hydrogen-bond acceptors (Lipinski definition) is 3. The molecule has 1 atom stereocenters. The molecule has 3 heteroatoms. The fourth-order valence-corrected chi connectivity index (χ4v) is 5.02. The lowest BCUT2D eigenvalue weighted by Crippen LogP contribution is -2.39. The van der Waals surface area contributed by atoms with Crippen LogP contribution in [0.4, 0.5) is 0 Å². The van der Waals surface area contributed by atoms with Crippen molar-refractivity contribution in [2.45, 2.75) is 19.1 Å². The Bertz CT molecular complexity index is 812. The number of rotatable bonds is 5. The zero-order valence-electron chi connectivity index (χ0n) is 14.6. The van der Waals surface area contributed by atoms with E-state index >= 15 is 0 Å². The Morgan fingerprint density at radius 2 is 1.88 bits per heavy atom. The number of benzene rings is 2. The molecule has 2 aromatic carbocycles. The molecule has 1 unspecified atom stereocenters. The molecule has 0 fully saturated rings. The Balaban J connectivity index is 1.60. The van der Waals surface area contributed by atoms with Crippen LogP contribution >= 0.6 is 11.8 Å². The van der Waals surface area contributed by atoms with Crippen LogP contribution in [-0.2, 0) is 16.9 Å². The van der Waals surface area contributed by atoms with E-state index in [1.165, 1.54) is 22.3 Å². The summed E-state index contributed by atoms with van der Waals surface area (Å²) in [5.74, 6) is 2.96. The lowest BCUT2D eigenvalue weighted by molar-refractivity contribution is 0.301. The standard InChI is InChI=1S/C22H23NOS/c1-17-13-19-9-5-6-10-20(19)14-22(17,21-23-11-12-24-21)16-25-15-18-7-3-2-4-8-18/h2-10,13H,11-12,14-16H2,1H3. The lowest BCUT2D eigenvalue weighted by Gasteiger charge is -2.37. The first-order chi connectivity index (χ1) is 12.3. The highest BCUT2D eigenvalue weighted by atomic mass is 32.2. The molecule has 128 valence electrons. The molecular formula is C22H23NOS. The van der Waals surface area contributed by atoms with Gasteiger partial charge in [-0.3, -0.25) is 4.99 Å². The van der Waals surface area contributed by atoms with Crippen molar-refractivity contribution in [3.63, 3.8) is 0 Å². The summed E-state index contributed by atoms with van der Waals surface area (Å²) in [6.07, 6.45) is 3.30. The molecule has 2 aliphatic rings. The van der Waals surface area contributed by atoms with Crippen molar-refractivity contribution >= 4 is 23.7 Å². The van der Waals surface area contributed by atoms with E-state index in [-0.39, 0.29) is 5.41 Å². The molecule has 0 saturated carbocycles. The SMILES string of the molecule is CC1=Cc2ccccc2CC1(CSCc1ccccc1)C1=NCCO1. The summed E-state index contributed by atoms with van der Waals surface area (Å²) in [7, 11) is 0. The first kappa shape index (κ1) is 16.5. The van der Waals surface area contributed by atoms with E-state index in [1.807, 2.05) is 11.8 Å². The molecule has 4 rings (SSSR count). The maximum absolute atomic E-state index is 5.98. The highest BCUT2D eigenvalue weighted by molar-refractivity contribution is 7.98. The molecule has 25 heavy (non-hydrogen) atoms. The predicted octanol–water partition coefficient (Wildman–Crippen LogP) is 4.99. The van der Waals surface area contributed by atoms with E-state index in [9.17, 15) is 0 Å². The van der Waals surface area contributed by atoms with E-state index < -0.39 is 0 Å². The van der Waals surface area contributed by atoms with Gasteiger partial charge in [-0.15, -0.1) is 0 Å². The quantitative estimate of drug-likeness (QED) is 0.758. The zero-order valence-corrected chi connectivity index (χ0v) is 15.4. The van der Waals surface area contributed by atoms with E-state index in [0.717, 1.165) is 37.0 Å². The lowest BCUT2D eigenvalue weighted by atomic mass is 9.72. The Morgan fingerprint density at radius 3 is 2.68 bits per heavy atom. The second-order valence-electron chi connectivity index (χ2n) is 6.80. The smallest absolute Gasteiger partial charge is 0.195 e. The van der Waals surface area contributed by atoms with Crippen LogP contribution in [0.3, 0.4) is 0 Å². The fraction of sp³-hybridized carbons (Fsp3) is 0.318. The average Bonchev–Trinajstić information content (AvgIpc) is 3.18. The summed E-state index contributed by atoms with van der Waals surface area (Å²) in [5, 5.41) is 0. The Labute approximate surface area is 154 Å². The maximum Gasteiger partial charge on any atom is 0.195 e. The molecule has 0 aromatic heterocycles. The van der Waals surface area contributed by atoms with Crippen LogP contribution in [0, 0.1) is 5.41 Å². The summed E-state index contributed by atoms with van der Waals surface area (Å²) < 4.78 is 5.98. The van der Waals surface area contributed by atoms with Gasteiger partial charge in [-0.2, -0.15) is 11.8 Å². The molecular weight excluding hydrogens is 326 g/mol. The van der Waals surface area contributed by atoms with Gasteiger partial charge in [-0.05, 0) is 30.0 Å². The molecule has 1 aliphatic heterocycles. The first-order valence-corrected chi connectivity index (χ1v) is 9.99. The Kier molecular flexibility index (Phi) is 4.67. The molecule has 0 bridgehead atoms. The number of aliphatic imine (C=N–C) groups is 1. The monoisotopic (exact) mass is 349 g/mol. The highest BCUT2D eigenvalue weighted by Gasteiger charge is 2.43. The van der Waals surface area contributed by atoms with Crippen molar-refractivity contribution in [1.29, 1.82) is 0 Å². The van der Waals surface area contributed by atoms with Gasteiger partial charge in [-0.1, -0.05) is 66.2 Å². The third-order valence-corrected chi connectivity index (χ3v) is 6.36. The molecule has 1 aliphatic carbocycles. The van der Waals surface area contributed by atoms with Crippen molar-refractivity contribution in [2.75, 3.05) is 18.9 Å². The molecule has 0 saturated heterocycles. The van der Waals surface area contributed by atoms with Crippen molar-refractivity contribution < 1.29 is 4.74 Å². The van der Waals surface area contributed by atoms with Gasteiger partial charge in [0, 0.05) is 11.5 Å². The summed E-state index contributed by atoms with van der Waals surface area (Å²) in [4.78, 5) is 4.72. The predicted molar refractivity (Wildman–Crippen MR) is 107 cm³/mol.